The number of halogens is 2. The number of sulfone groups is 1. The van der Waals surface area contributed by atoms with Gasteiger partial charge in [-0.15, -0.1) is 10.2 Å². The van der Waals surface area contributed by atoms with Crippen LogP contribution in [0.1, 0.15) is 10.5 Å². The molecule has 0 saturated carbocycles. The van der Waals surface area contributed by atoms with Crippen LogP contribution in [0.4, 0.5) is 15.8 Å². The molecular weight excluding hydrogens is 407 g/mol. The molecule has 3 rings (SSSR count). The van der Waals surface area contributed by atoms with E-state index in [0.717, 1.165) is 6.26 Å². The quantitative estimate of drug-likeness (QED) is 0.655. The molecule has 0 aliphatic heterocycles. The van der Waals surface area contributed by atoms with Crippen LogP contribution >= 0.6 is 11.6 Å². The van der Waals surface area contributed by atoms with E-state index < -0.39 is 21.6 Å². The predicted octanol–water partition coefficient (Wildman–Crippen LogP) is 3.18. The second-order valence-corrected chi connectivity index (χ2v) is 8.30. The zero-order valence-corrected chi connectivity index (χ0v) is 16.1. The number of carbonyl (C=O) groups is 1. The van der Waals surface area contributed by atoms with E-state index in [4.69, 9.17) is 17.3 Å². The summed E-state index contributed by atoms with van der Waals surface area (Å²) in [5.41, 5.74) is 5.94. The van der Waals surface area contributed by atoms with Crippen molar-refractivity contribution < 1.29 is 17.6 Å². The van der Waals surface area contributed by atoms with Crippen molar-refractivity contribution >= 4 is 38.7 Å². The van der Waals surface area contributed by atoms with E-state index in [1.165, 1.54) is 48.5 Å². The van der Waals surface area contributed by atoms with Gasteiger partial charge in [0.25, 0.3) is 5.91 Å². The molecule has 0 fully saturated rings. The van der Waals surface area contributed by atoms with Crippen LogP contribution in [0.2, 0.25) is 5.02 Å². The number of nitrogens with zero attached hydrogens (tertiary/aromatic N) is 2. The van der Waals surface area contributed by atoms with Crippen LogP contribution in [0.25, 0.3) is 11.3 Å². The molecule has 1 aromatic heterocycles. The molecule has 10 heteroatoms. The Hall–Kier alpha value is -3.04. The van der Waals surface area contributed by atoms with Gasteiger partial charge in [-0.1, -0.05) is 17.7 Å². The Labute approximate surface area is 165 Å². The number of hydrogen-bond donors (Lipinski definition) is 2. The Morgan fingerprint density at radius 1 is 1.14 bits per heavy atom. The van der Waals surface area contributed by atoms with Gasteiger partial charge in [0.05, 0.1) is 26.9 Å². The lowest BCUT2D eigenvalue weighted by Gasteiger charge is -2.12. The number of nitrogens with two attached hydrogens (primary N) is 1. The van der Waals surface area contributed by atoms with Crippen LogP contribution in [-0.2, 0) is 9.84 Å². The van der Waals surface area contributed by atoms with E-state index in [-0.39, 0.29) is 32.6 Å². The Morgan fingerprint density at radius 3 is 2.39 bits per heavy atom. The van der Waals surface area contributed by atoms with Crippen LogP contribution in [0.5, 0.6) is 0 Å². The SMILES string of the molecule is CS(=O)(=O)c1ccc(Nc2cc(-c3c(F)cccc3Cl)nnc2C(N)=O)cc1. The van der Waals surface area contributed by atoms with Gasteiger partial charge in [-0.3, -0.25) is 4.79 Å². The fourth-order valence-corrected chi connectivity index (χ4v) is 3.36. The second-order valence-electron chi connectivity index (χ2n) is 5.87. The molecule has 3 aromatic rings. The van der Waals surface area contributed by atoms with Crippen molar-refractivity contribution in [1.29, 1.82) is 0 Å². The highest BCUT2D eigenvalue weighted by atomic mass is 35.5. The maximum atomic E-state index is 14.2. The van der Waals surface area contributed by atoms with Crippen molar-refractivity contribution in [3.05, 3.63) is 65.1 Å². The van der Waals surface area contributed by atoms with Crippen molar-refractivity contribution in [2.75, 3.05) is 11.6 Å². The summed E-state index contributed by atoms with van der Waals surface area (Å²) in [6.07, 6.45) is 1.10. The third-order valence-electron chi connectivity index (χ3n) is 3.81. The number of primary amides is 1. The van der Waals surface area contributed by atoms with Crippen LogP contribution in [0.3, 0.4) is 0 Å². The zero-order valence-electron chi connectivity index (χ0n) is 14.5. The van der Waals surface area contributed by atoms with Crippen LogP contribution in [-0.4, -0.2) is 30.8 Å². The molecule has 3 N–H and O–H groups in total. The van der Waals surface area contributed by atoms with Gasteiger partial charge >= 0.3 is 0 Å². The average molecular weight is 421 g/mol. The van der Waals surface area contributed by atoms with Gasteiger partial charge in [0.2, 0.25) is 0 Å². The largest absolute Gasteiger partial charge is 0.364 e. The molecule has 0 radical (unpaired) electrons. The van der Waals surface area contributed by atoms with E-state index in [2.05, 4.69) is 15.5 Å². The third-order valence-corrected chi connectivity index (χ3v) is 5.25. The first-order chi connectivity index (χ1) is 13.2. The van der Waals surface area contributed by atoms with E-state index in [9.17, 15) is 17.6 Å². The van der Waals surface area contributed by atoms with E-state index >= 15 is 0 Å². The molecule has 2 aromatic carbocycles. The predicted molar refractivity (Wildman–Crippen MR) is 104 cm³/mol. The van der Waals surface area contributed by atoms with Crippen molar-refractivity contribution in [3.8, 4) is 11.3 Å². The molecule has 144 valence electrons. The minimum Gasteiger partial charge on any atom is -0.364 e. The van der Waals surface area contributed by atoms with Gasteiger partial charge in [0.1, 0.15) is 5.82 Å². The Morgan fingerprint density at radius 2 is 1.82 bits per heavy atom. The van der Waals surface area contributed by atoms with Crippen molar-refractivity contribution in [2.24, 2.45) is 5.73 Å². The van der Waals surface area contributed by atoms with Crippen molar-refractivity contribution in [2.45, 2.75) is 4.90 Å². The summed E-state index contributed by atoms with van der Waals surface area (Å²) in [4.78, 5) is 11.8. The molecule has 1 heterocycles. The van der Waals surface area contributed by atoms with Gasteiger partial charge in [-0.2, -0.15) is 0 Å². The molecule has 0 spiro atoms. The minimum atomic E-state index is -3.35. The van der Waals surface area contributed by atoms with Gasteiger partial charge < -0.3 is 11.1 Å². The van der Waals surface area contributed by atoms with E-state index in [1.807, 2.05) is 0 Å². The molecule has 28 heavy (non-hydrogen) atoms. The highest BCUT2D eigenvalue weighted by molar-refractivity contribution is 7.90. The topological polar surface area (TPSA) is 115 Å². The first kappa shape index (κ1) is 19.7. The van der Waals surface area contributed by atoms with Crippen molar-refractivity contribution in [1.82, 2.24) is 10.2 Å². The fourth-order valence-electron chi connectivity index (χ4n) is 2.47. The summed E-state index contributed by atoms with van der Waals surface area (Å²) in [5, 5.41) is 10.7. The number of amides is 1. The normalized spacial score (nSPS) is 11.2. The van der Waals surface area contributed by atoms with Gasteiger partial charge in [0, 0.05) is 11.9 Å². The summed E-state index contributed by atoms with van der Waals surface area (Å²) in [6, 6.07) is 11.4. The summed E-state index contributed by atoms with van der Waals surface area (Å²) in [5.74, 6) is -1.44. The number of hydrogen-bond acceptors (Lipinski definition) is 6. The lowest BCUT2D eigenvalue weighted by Crippen LogP contribution is -2.16. The van der Waals surface area contributed by atoms with E-state index in [1.54, 1.807) is 0 Å². The van der Waals surface area contributed by atoms with Crippen LogP contribution in [0.15, 0.2) is 53.4 Å². The molecule has 0 aliphatic rings. The Bertz CT molecular complexity index is 1150. The first-order valence-corrected chi connectivity index (χ1v) is 10.1. The van der Waals surface area contributed by atoms with E-state index in [0.29, 0.717) is 5.69 Å². The lowest BCUT2D eigenvalue weighted by atomic mass is 10.1. The van der Waals surface area contributed by atoms with Crippen LogP contribution in [0, 0.1) is 5.82 Å². The molecule has 0 unspecified atom stereocenters. The number of benzene rings is 2. The number of rotatable bonds is 5. The number of nitrogens with one attached hydrogen (secondary N) is 1. The maximum absolute atomic E-state index is 14.2. The number of anilines is 2. The highest BCUT2D eigenvalue weighted by Gasteiger charge is 2.17. The Kier molecular flexibility index (Phi) is 5.30. The first-order valence-electron chi connectivity index (χ1n) is 7.86. The molecule has 0 atom stereocenters. The molecule has 7 nitrogen and oxygen atoms in total. The summed E-state index contributed by atoms with van der Waals surface area (Å²) >= 11 is 6.06. The minimum absolute atomic E-state index is 0.0307. The standard InChI is InChI=1S/C18H14ClFN4O3S/c1-28(26,27)11-7-5-10(6-8-11)22-15-9-14(23-24-17(15)18(21)25)16-12(19)3-2-4-13(16)20/h2-9H,1H3,(H2,21,25)(H,22,23). The molecule has 0 bridgehead atoms. The Balaban J connectivity index is 2.05. The highest BCUT2D eigenvalue weighted by Crippen LogP contribution is 2.31. The second kappa shape index (κ2) is 7.53. The fraction of sp³-hybridized carbons (Fsp3) is 0.0556. The van der Waals surface area contributed by atoms with Gasteiger partial charge in [-0.05, 0) is 42.5 Å². The molecule has 1 amide bonds. The van der Waals surface area contributed by atoms with Crippen LogP contribution < -0.4 is 11.1 Å². The molecule has 0 aliphatic carbocycles. The number of aromatic nitrogens is 2. The third kappa shape index (κ3) is 4.10. The summed E-state index contributed by atoms with van der Waals surface area (Å²) in [6.45, 7) is 0. The zero-order chi connectivity index (χ0) is 20.5. The molecular formula is C18H14ClFN4O3S. The maximum Gasteiger partial charge on any atom is 0.271 e. The van der Waals surface area contributed by atoms with Gasteiger partial charge in [0.15, 0.2) is 15.5 Å². The summed E-state index contributed by atoms with van der Waals surface area (Å²) < 4.78 is 37.3. The lowest BCUT2D eigenvalue weighted by molar-refractivity contribution is 0.0995. The number of carbonyl (C=O) groups excluding carboxylic acids is 1. The molecule has 0 saturated heterocycles. The summed E-state index contributed by atoms with van der Waals surface area (Å²) in [7, 11) is -3.35. The van der Waals surface area contributed by atoms with Gasteiger partial charge in [-0.25, -0.2) is 12.8 Å². The monoisotopic (exact) mass is 420 g/mol. The van der Waals surface area contributed by atoms with Crippen molar-refractivity contribution in [3.63, 3.8) is 0 Å². The smallest absolute Gasteiger partial charge is 0.271 e. The average Bonchev–Trinajstić information content (AvgIpc) is 2.61.